The summed E-state index contributed by atoms with van der Waals surface area (Å²) in [5.74, 6) is 0.991. The van der Waals surface area contributed by atoms with Gasteiger partial charge >= 0.3 is 0 Å². The number of nitrogens with zero attached hydrogens (tertiary/aromatic N) is 3. The van der Waals surface area contributed by atoms with E-state index in [0.717, 1.165) is 71.2 Å². The van der Waals surface area contributed by atoms with Gasteiger partial charge in [-0.1, -0.05) is 0 Å². The molecule has 4 saturated heterocycles. The first-order valence-electron chi connectivity index (χ1n) is 11.0. The van der Waals surface area contributed by atoms with Gasteiger partial charge in [0.1, 0.15) is 0 Å². The molecule has 4 aliphatic rings. The molecule has 0 bridgehead atoms. The van der Waals surface area contributed by atoms with Crippen LogP contribution in [0.4, 0.5) is 0 Å². The van der Waals surface area contributed by atoms with E-state index in [-0.39, 0.29) is 29.6 Å². The minimum atomic E-state index is -0.152. The summed E-state index contributed by atoms with van der Waals surface area (Å²) in [6.45, 7) is 5.99. The van der Waals surface area contributed by atoms with Crippen LogP contribution in [0.15, 0.2) is 0 Å². The fraction of sp³-hybridized carbons (Fsp3) is 0.857. The molecular formula is C21H33N3O4. The summed E-state index contributed by atoms with van der Waals surface area (Å²) in [6, 6.07) is 0. The first-order valence-corrected chi connectivity index (χ1v) is 11.0. The molecule has 0 saturated carbocycles. The summed E-state index contributed by atoms with van der Waals surface area (Å²) in [6.07, 6.45) is 6.12. The first-order chi connectivity index (χ1) is 13.6. The van der Waals surface area contributed by atoms with E-state index in [1.807, 2.05) is 14.7 Å². The molecule has 28 heavy (non-hydrogen) atoms. The number of hydrogen-bond acceptors (Lipinski definition) is 4. The van der Waals surface area contributed by atoms with Crippen LogP contribution in [0.25, 0.3) is 0 Å². The van der Waals surface area contributed by atoms with Crippen LogP contribution >= 0.6 is 0 Å². The average Bonchev–Trinajstić information content (AvgIpc) is 3.39. The number of amides is 3. The van der Waals surface area contributed by atoms with Gasteiger partial charge in [-0.3, -0.25) is 14.4 Å². The van der Waals surface area contributed by atoms with Crippen molar-refractivity contribution in [2.24, 2.45) is 17.8 Å². The lowest BCUT2D eigenvalue weighted by molar-refractivity contribution is -0.140. The fourth-order valence-electron chi connectivity index (χ4n) is 5.16. The molecule has 1 unspecified atom stereocenters. The maximum absolute atomic E-state index is 12.7. The van der Waals surface area contributed by atoms with Gasteiger partial charge in [0.05, 0.1) is 5.92 Å². The quantitative estimate of drug-likeness (QED) is 0.720. The van der Waals surface area contributed by atoms with E-state index in [4.69, 9.17) is 4.74 Å². The van der Waals surface area contributed by atoms with Gasteiger partial charge in [-0.25, -0.2) is 0 Å². The normalized spacial score (nSPS) is 27.6. The number of piperidine rings is 1. The Balaban J connectivity index is 1.22. The molecule has 4 rings (SSSR count). The largest absolute Gasteiger partial charge is 0.381 e. The molecule has 4 aliphatic heterocycles. The zero-order valence-corrected chi connectivity index (χ0v) is 16.8. The van der Waals surface area contributed by atoms with E-state index >= 15 is 0 Å². The molecule has 7 nitrogen and oxygen atoms in total. The van der Waals surface area contributed by atoms with E-state index in [1.165, 1.54) is 0 Å². The zero-order valence-electron chi connectivity index (χ0n) is 16.8. The lowest BCUT2D eigenvalue weighted by Crippen LogP contribution is -2.45. The Hall–Kier alpha value is -1.63. The van der Waals surface area contributed by atoms with Crippen LogP contribution in [-0.4, -0.2) is 84.9 Å². The average molecular weight is 392 g/mol. The van der Waals surface area contributed by atoms with Gasteiger partial charge in [0.25, 0.3) is 0 Å². The lowest BCUT2D eigenvalue weighted by Gasteiger charge is -2.36. The summed E-state index contributed by atoms with van der Waals surface area (Å²) in [7, 11) is 0. The van der Waals surface area contributed by atoms with Crippen LogP contribution in [0.2, 0.25) is 0 Å². The van der Waals surface area contributed by atoms with Crippen molar-refractivity contribution in [1.29, 1.82) is 0 Å². The van der Waals surface area contributed by atoms with Crippen molar-refractivity contribution in [2.75, 3.05) is 52.5 Å². The number of carbonyl (C=O) groups is 3. The first kappa shape index (κ1) is 19.7. The van der Waals surface area contributed by atoms with Crippen LogP contribution in [0.5, 0.6) is 0 Å². The molecule has 0 aromatic rings. The fourth-order valence-corrected chi connectivity index (χ4v) is 5.16. The number of ether oxygens (including phenoxy) is 1. The summed E-state index contributed by atoms with van der Waals surface area (Å²) < 4.78 is 5.36. The number of rotatable bonds is 4. The third kappa shape index (κ3) is 4.34. The van der Waals surface area contributed by atoms with E-state index in [2.05, 4.69) is 0 Å². The smallest absolute Gasteiger partial charge is 0.227 e. The second-order valence-corrected chi connectivity index (χ2v) is 8.89. The van der Waals surface area contributed by atoms with Gasteiger partial charge in [0.15, 0.2) is 0 Å². The van der Waals surface area contributed by atoms with Gasteiger partial charge < -0.3 is 19.4 Å². The Morgan fingerprint density at radius 2 is 1.46 bits per heavy atom. The van der Waals surface area contributed by atoms with E-state index in [1.54, 1.807) is 0 Å². The van der Waals surface area contributed by atoms with E-state index < -0.39 is 0 Å². The summed E-state index contributed by atoms with van der Waals surface area (Å²) in [5, 5.41) is 0. The van der Waals surface area contributed by atoms with Crippen molar-refractivity contribution in [3.63, 3.8) is 0 Å². The summed E-state index contributed by atoms with van der Waals surface area (Å²) in [5.41, 5.74) is 0. The highest BCUT2D eigenvalue weighted by molar-refractivity contribution is 5.89. The van der Waals surface area contributed by atoms with Gasteiger partial charge in [-0.2, -0.15) is 0 Å². The molecule has 156 valence electrons. The summed E-state index contributed by atoms with van der Waals surface area (Å²) >= 11 is 0. The third-order valence-electron chi connectivity index (χ3n) is 6.96. The lowest BCUT2D eigenvalue weighted by atomic mass is 9.93. The monoisotopic (exact) mass is 391 g/mol. The number of carbonyl (C=O) groups excluding carboxylic acids is 3. The van der Waals surface area contributed by atoms with Crippen molar-refractivity contribution >= 4 is 17.7 Å². The predicted octanol–water partition coefficient (Wildman–Crippen LogP) is 1.12. The molecule has 3 amide bonds. The van der Waals surface area contributed by atoms with Crippen LogP contribution < -0.4 is 0 Å². The highest BCUT2D eigenvalue weighted by Crippen LogP contribution is 2.27. The Morgan fingerprint density at radius 1 is 0.857 bits per heavy atom. The minimum Gasteiger partial charge on any atom is -0.381 e. The highest BCUT2D eigenvalue weighted by atomic mass is 16.5. The Morgan fingerprint density at radius 3 is 2.14 bits per heavy atom. The van der Waals surface area contributed by atoms with Gasteiger partial charge in [0.2, 0.25) is 17.7 Å². The molecule has 0 radical (unpaired) electrons. The molecule has 0 aliphatic carbocycles. The van der Waals surface area contributed by atoms with Crippen molar-refractivity contribution in [3.05, 3.63) is 0 Å². The SMILES string of the molecule is O=C1CC(C(=O)N2CCCC2)CN1CC1CCN(C(=O)C2CCOCC2)CC1. The maximum atomic E-state index is 12.7. The van der Waals surface area contributed by atoms with Crippen LogP contribution in [-0.2, 0) is 19.1 Å². The van der Waals surface area contributed by atoms with Gasteiger partial charge in [-0.15, -0.1) is 0 Å². The zero-order chi connectivity index (χ0) is 19.5. The predicted molar refractivity (Wildman–Crippen MR) is 103 cm³/mol. The van der Waals surface area contributed by atoms with Crippen LogP contribution in [0.3, 0.4) is 0 Å². The molecule has 4 heterocycles. The van der Waals surface area contributed by atoms with Gasteiger partial charge in [-0.05, 0) is 44.4 Å². The standard InChI is InChI=1S/C21H33N3O4/c25-19-13-18(21(27)22-7-1-2-8-22)15-24(19)14-16-3-9-23(10-4-16)20(26)17-5-11-28-12-6-17/h16-18H,1-15H2. The Labute approximate surface area is 167 Å². The van der Waals surface area contributed by atoms with Crippen molar-refractivity contribution in [3.8, 4) is 0 Å². The molecule has 7 heteroatoms. The van der Waals surface area contributed by atoms with E-state index in [9.17, 15) is 14.4 Å². The molecule has 1 atom stereocenters. The summed E-state index contributed by atoms with van der Waals surface area (Å²) in [4.78, 5) is 43.5. The topological polar surface area (TPSA) is 70.2 Å². The molecule has 0 N–H and O–H groups in total. The molecular weight excluding hydrogens is 358 g/mol. The Bertz CT molecular complexity index is 590. The molecule has 4 fully saturated rings. The van der Waals surface area contributed by atoms with E-state index in [0.29, 0.717) is 32.1 Å². The number of likely N-dealkylation sites (tertiary alicyclic amines) is 3. The van der Waals surface area contributed by atoms with Crippen molar-refractivity contribution in [2.45, 2.75) is 44.9 Å². The molecule has 0 aromatic carbocycles. The highest BCUT2D eigenvalue weighted by Gasteiger charge is 2.38. The Kier molecular flexibility index (Phi) is 6.19. The molecule has 0 aromatic heterocycles. The van der Waals surface area contributed by atoms with Crippen LogP contribution in [0.1, 0.15) is 44.9 Å². The third-order valence-corrected chi connectivity index (χ3v) is 6.96. The van der Waals surface area contributed by atoms with Crippen LogP contribution in [0, 0.1) is 17.8 Å². The second-order valence-electron chi connectivity index (χ2n) is 8.89. The van der Waals surface area contributed by atoms with Gasteiger partial charge in [0, 0.05) is 64.8 Å². The van der Waals surface area contributed by atoms with Crippen molar-refractivity contribution in [1.82, 2.24) is 14.7 Å². The number of hydrogen-bond donors (Lipinski definition) is 0. The minimum absolute atomic E-state index is 0.123. The van der Waals surface area contributed by atoms with Crippen molar-refractivity contribution < 1.29 is 19.1 Å². The maximum Gasteiger partial charge on any atom is 0.227 e. The molecule has 0 spiro atoms. The second kappa shape index (κ2) is 8.80.